The Hall–Kier alpha value is -2.42. The van der Waals surface area contributed by atoms with Gasteiger partial charge in [-0.3, -0.25) is 0 Å². The highest BCUT2D eigenvalue weighted by Gasteiger charge is 2.06. The lowest BCUT2D eigenvalue weighted by Gasteiger charge is -2.11. The topological polar surface area (TPSA) is 62.5 Å². The molecule has 0 amide bonds. The Morgan fingerprint density at radius 2 is 1.89 bits per heavy atom. The van der Waals surface area contributed by atoms with Gasteiger partial charge in [0.2, 0.25) is 0 Å². The van der Waals surface area contributed by atoms with Gasteiger partial charge in [0.1, 0.15) is 11.5 Å². The summed E-state index contributed by atoms with van der Waals surface area (Å²) in [7, 11) is 0. The number of nitrogens with zero attached hydrogens (tertiary/aromatic N) is 2. The molecule has 0 saturated heterocycles. The third-order valence-corrected chi connectivity index (χ3v) is 3.96. The third-order valence-electron chi connectivity index (χ3n) is 3.96. The fraction of sp³-hybridized carbons (Fsp3) is 0.238. The highest BCUT2D eigenvalue weighted by atomic mass is 127. The zero-order valence-electron chi connectivity index (χ0n) is 15.7. The zero-order chi connectivity index (χ0) is 18.9. The van der Waals surface area contributed by atoms with Crippen LogP contribution in [0.4, 0.5) is 4.39 Å². The lowest BCUT2D eigenvalue weighted by atomic mass is 10.1. The van der Waals surface area contributed by atoms with Crippen molar-refractivity contribution < 1.29 is 8.91 Å². The van der Waals surface area contributed by atoms with E-state index >= 15 is 0 Å². The van der Waals surface area contributed by atoms with Crippen LogP contribution in [-0.4, -0.2) is 24.2 Å². The summed E-state index contributed by atoms with van der Waals surface area (Å²) in [6.45, 7) is 3.82. The molecule has 5 nitrogen and oxygen atoms in total. The molecule has 7 heteroatoms. The van der Waals surface area contributed by atoms with E-state index in [-0.39, 0.29) is 29.8 Å². The Kier molecular flexibility index (Phi) is 8.93. The van der Waals surface area contributed by atoms with Gasteiger partial charge in [-0.25, -0.2) is 9.38 Å². The SMILES string of the molecule is CCNC(=NCc1cc(-c2ccccc2)on1)NCCc1cccc(F)c1.I. The maximum atomic E-state index is 13.2. The van der Waals surface area contributed by atoms with E-state index in [9.17, 15) is 4.39 Å². The van der Waals surface area contributed by atoms with E-state index in [1.807, 2.05) is 49.4 Å². The summed E-state index contributed by atoms with van der Waals surface area (Å²) in [5.74, 6) is 1.20. The van der Waals surface area contributed by atoms with Crippen molar-refractivity contribution in [3.63, 3.8) is 0 Å². The lowest BCUT2D eigenvalue weighted by Crippen LogP contribution is -2.38. The molecule has 28 heavy (non-hydrogen) atoms. The molecule has 1 aromatic heterocycles. The minimum Gasteiger partial charge on any atom is -0.357 e. The number of aromatic nitrogens is 1. The zero-order valence-corrected chi connectivity index (χ0v) is 18.0. The van der Waals surface area contributed by atoms with Crippen LogP contribution in [0.2, 0.25) is 0 Å². The molecule has 0 saturated carbocycles. The van der Waals surface area contributed by atoms with Crippen molar-refractivity contribution in [3.05, 3.63) is 77.7 Å². The predicted molar refractivity (Wildman–Crippen MR) is 120 cm³/mol. The van der Waals surface area contributed by atoms with Gasteiger partial charge in [-0.2, -0.15) is 0 Å². The average molecular weight is 494 g/mol. The maximum Gasteiger partial charge on any atom is 0.191 e. The molecule has 0 unspecified atom stereocenters. The molecule has 1 heterocycles. The average Bonchev–Trinajstić information content (AvgIpc) is 3.16. The first-order chi connectivity index (χ1) is 13.2. The Morgan fingerprint density at radius 3 is 2.64 bits per heavy atom. The Balaban J connectivity index is 0.00000280. The predicted octanol–water partition coefficient (Wildman–Crippen LogP) is 4.40. The van der Waals surface area contributed by atoms with Crippen LogP contribution in [-0.2, 0) is 13.0 Å². The summed E-state index contributed by atoms with van der Waals surface area (Å²) < 4.78 is 18.6. The number of hydrogen-bond acceptors (Lipinski definition) is 3. The van der Waals surface area contributed by atoms with Crippen molar-refractivity contribution in [1.29, 1.82) is 0 Å². The fourth-order valence-corrected chi connectivity index (χ4v) is 2.64. The summed E-state index contributed by atoms with van der Waals surface area (Å²) >= 11 is 0. The van der Waals surface area contributed by atoms with Crippen LogP contribution in [0.5, 0.6) is 0 Å². The van der Waals surface area contributed by atoms with Crippen molar-refractivity contribution in [2.45, 2.75) is 19.9 Å². The molecule has 3 aromatic rings. The highest BCUT2D eigenvalue weighted by Crippen LogP contribution is 2.19. The van der Waals surface area contributed by atoms with Crippen LogP contribution in [0.25, 0.3) is 11.3 Å². The van der Waals surface area contributed by atoms with Gasteiger partial charge >= 0.3 is 0 Å². The normalized spacial score (nSPS) is 11.0. The van der Waals surface area contributed by atoms with Crippen molar-refractivity contribution in [2.75, 3.05) is 13.1 Å². The quantitative estimate of drug-likeness (QED) is 0.291. The van der Waals surface area contributed by atoms with E-state index in [4.69, 9.17) is 4.52 Å². The number of halogens is 2. The van der Waals surface area contributed by atoms with Crippen molar-refractivity contribution in [1.82, 2.24) is 15.8 Å². The third kappa shape index (κ3) is 6.63. The minimum absolute atomic E-state index is 0. The van der Waals surface area contributed by atoms with Gasteiger partial charge in [0.05, 0.1) is 6.54 Å². The van der Waals surface area contributed by atoms with Crippen molar-refractivity contribution in [3.8, 4) is 11.3 Å². The summed E-state index contributed by atoms with van der Waals surface area (Å²) in [6, 6.07) is 18.4. The van der Waals surface area contributed by atoms with Gasteiger partial charge in [-0.15, -0.1) is 24.0 Å². The molecule has 2 aromatic carbocycles. The number of aliphatic imine (C=N–C) groups is 1. The summed E-state index contributed by atoms with van der Waals surface area (Å²) in [5.41, 5.74) is 2.69. The van der Waals surface area contributed by atoms with Gasteiger partial charge in [0.15, 0.2) is 11.7 Å². The van der Waals surface area contributed by atoms with Crippen LogP contribution in [0.3, 0.4) is 0 Å². The fourth-order valence-electron chi connectivity index (χ4n) is 2.64. The molecule has 0 aliphatic carbocycles. The van der Waals surface area contributed by atoms with Crippen LogP contribution < -0.4 is 10.6 Å². The summed E-state index contributed by atoms with van der Waals surface area (Å²) in [4.78, 5) is 4.54. The molecular formula is C21H24FIN4O. The van der Waals surface area contributed by atoms with Crippen LogP contribution >= 0.6 is 24.0 Å². The maximum absolute atomic E-state index is 13.2. The molecule has 2 N–H and O–H groups in total. The monoisotopic (exact) mass is 494 g/mol. The molecule has 0 aliphatic heterocycles. The Bertz CT molecular complexity index is 883. The van der Waals surface area contributed by atoms with E-state index in [1.165, 1.54) is 6.07 Å². The lowest BCUT2D eigenvalue weighted by molar-refractivity contribution is 0.424. The molecule has 0 spiro atoms. The van der Waals surface area contributed by atoms with Crippen LogP contribution in [0.1, 0.15) is 18.2 Å². The number of guanidine groups is 1. The first-order valence-corrected chi connectivity index (χ1v) is 9.02. The van der Waals surface area contributed by atoms with E-state index < -0.39 is 0 Å². The molecule has 3 rings (SSSR count). The van der Waals surface area contributed by atoms with Crippen LogP contribution in [0, 0.1) is 5.82 Å². The smallest absolute Gasteiger partial charge is 0.191 e. The van der Waals surface area contributed by atoms with E-state index in [0.717, 1.165) is 29.1 Å². The van der Waals surface area contributed by atoms with E-state index in [0.29, 0.717) is 25.5 Å². The second kappa shape index (κ2) is 11.4. The van der Waals surface area contributed by atoms with Crippen molar-refractivity contribution in [2.24, 2.45) is 4.99 Å². The van der Waals surface area contributed by atoms with Crippen LogP contribution in [0.15, 0.2) is 70.2 Å². The molecule has 0 fully saturated rings. The molecular weight excluding hydrogens is 470 g/mol. The molecule has 0 radical (unpaired) electrons. The van der Waals surface area contributed by atoms with Gasteiger partial charge < -0.3 is 15.2 Å². The second-order valence-corrected chi connectivity index (χ2v) is 6.05. The van der Waals surface area contributed by atoms with E-state index in [2.05, 4.69) is 20.8 Å². The first kappa shape index (κ1) is 21.9. The number of benzene rings is 2. The number of nitrogens with one attached hydrogen (secondary N) is 2. The highest BCUT2D eigenvalue weighted by molar-refractivity contribution is 14.0. The first-order valence-electron chi connectivity index (χ1n) is 9.02. The molecule has 0 bridgehead atoms. The Labute approximate surface area is 181 Å². The number of rotatable bonds is 7. The van der Waals surface area contributed by atoms with E-state index in [1.54, 1.807) is 12.1 Å². The summed E-state index contributed by atoms with van der Waals surface area (Å²) in [5, 5.41) is 10.5. The second-order valence-electron chi connectivity index (χ2n) is 6.05. The van der Waals surface area contributed by atoms with Crippen molar-refractivity contribution >= 4 is 29.9 Å². The Morgan fingerprint density at radius 1 is 1.07 bits per heavy atom. The molecule has 0 aliphatic rings. The largest absolute Gasteiger partial charge is 0.357 e. The minimum atomic E-state index is -0.215. The van der Waals surface area contributed by atoms with Gasteiger partial charge in [-0.05, 0) is 31.0 Å². The number of hydrogen-bond donors (Lipinski definition) is 2. The summed E-state index contributed by atoms with van der Waals surface area (Å²) in [6.07, 6.45) is 0.713. The molecule has 148 valence electrons. The van der Waals surface area contributed by atoms with Gasteiger partial charge in [0.25, 0.3) is 0 Å². The molecule has 0 atom stereocenters. The van der Waals surface area contributed by atoms with Gasteiger partial charge in [-0.1, -0.05) is 47.6 Å². The standard InChI is InChI=1S/C21H23FN4O.HI/c1-2-23-21(24-12-11-16-7-6-10-18(22)13-16)25-15-19-14-20(27-26-19)17-8-4-3-5-9-17;/h3-10,13-14H,2,11-12,15H2,1H3,(H2,23,24,25);1H. The van der Waals surface area contributed by atoms with Gasteiger partial charge in [0, 0.05) is 24.7 Å².